The number of thioether (sulfide) groups is 1. The third-order valence-electron chi connectivity index (χ3n) is 5.02. The Hall–Kier alpha value is -3.13. The molecule has 0 radical (unpaired) electrons. The number of carbonyl (C=O) groups is 2. The number of amides is 2. The second kappa shape index (κ2) is 9.78. The van der Waals surface area contributed by atoms with Gasteiger partial charge in [0.05, 0.1) is 12.2 Å². The summed E-state index contributed by atoms with van der Waals surface area (Å²) >= 11 is 1.28. The van der Waals surface area contributed by atoms with Gasteiger partial charge in [0.1, 0.15) is 5.82 Å². The van der Waals surface area contributed by atoms with Crippen LogP contribution >= 0.6 is 11.8 Å². The fraction of sp³-hybridized carbons (Fsp3) is 0.304. The molecule has 0 atom stereocenters. The van der Waals surface area contributed by atoms with Gasteiger partial charge in [-0.3, -0.25) is 9.59 Å². The van der Waals surface area contributed by atoms with Crippen molar-refractivity contribution >= 4 is 35.0 Å². The van der Waals surface area contributed by atoms with Crippen LogP contribution in [-0.4, -0.2) is 32.3 Å². The smallest absolute Gasteiger partial charge is 0.234 e. The average molecular weight is 438 g/mol. The largest absolute Gasteiger partial charge is 0.326 e. The van der Waals surface area contributed by atoms with Crippen molar-refractivity contribution in [3.05, 3.63) is 64.5 Å². The first-order valence-corrected chi connectivity index (χ1v) is 11.0. The molecule has 0 bridgehead atoms. The molecule has 0 aliphatic carbocycles. The molecule has 0 fully saturated rings. The SMILES string of the molecule is Cc1ccc(NC(=O)CSc2nnc(CC(=O)Nc3ccc(C)c(C)c3)n2C)c(C)c1. The van der Waals surface area contributed by atoms with Crippen LogP contribution in [0.25, 0.3) is 0 Å². The molecule has 0 saturated carbocycles. The van der Waals surface area contributed by atoms with Crippen LogP contribution < -0.4 is 10.6 Å². The van der Waals surface area contributed by atoms with Crippen molar-refractivity contribution in [2.75, 3.05) is 16.4 Å². The maximum absolute atomic E-state index is 12.4. The van der Waals surface area contributed by atoms with E-state index in [1.54, 1.807) is 11.6 Å². The molecule has 3 rings (SSSR count). The Labute approximate surface area is 186 Å². The predicted molar refractivity (Wildman–Crippen MR) is 125 cm³/mol. The number of aromatic nitrogens is 3. The summed E-state index contributed by atoms with van der Waals surface area (Å²) in [6.07, 6.45) is 0.103. The van der Waals surface area contributed by atoms with Crippen LogP contribution in [0.15, 0.2) is 41.6 Å². The summed E-state index contributed by atoms with van der Waals surface area (Å²) in [6, 6.07) is 11.7. The van der Waals surface area contributed by atoms with Gasteiger partial charge in [-0.25, -0.2) is 0 Å². The molecule has 0 unspecified atom stereocenters. The molecule has 1 aromatic heterocycles. The fourth-order valence-electron chi connectivity index (χ4n) is 3.06. The maximum atomic E-state index is 12.4. The molecule has 0 saturated heterocycles. The topological polar surface area (TPSA) is 88.9 Å². The van der Waals surface area contributed by atoms with Gasteiger partial charge >= 0.3 is 0 Å². The Morgan fingerprint density at radius 3 is 2.39 bits per heavy atom. The second-order valence-corrected chi connectivity index (χ2v) is 8.58. The summed E-state index contributed by atoms with van der Waals surface area (Å²) in [5.41, 5.74) is 6.03. The Morgan fingerprint density at radius 1 is 0.903 bits per heavy atom. The first-order chi connectivity index (χ1) is 14.7. The Kier molecular flexibility index (Phi) is 7.12. The molecular weight excluding hydrogens is 410 g/mol. The number of nitrogens with zero attached hydrogens (tertiary/aromatic N) is 3. The summed E-state index contributed by atoms with van der Waals surface area (Å²) in [4.78, 5) is 24.7. The standard InChI is InChI=1S/C23H27N5O2S/c1-14-6-9-19(17(4)10-14)25-22(30)13-31-23-27-26-20(28(23)5)12-21(29)24-18-8-7-15(2)16(3)11-18/h6-11H,12-13H2,1-5H3,(H,24,29)(H,25,30). The van der Waals surface area contributed by atoms with Crippen molar-refractivity contribution in [3.63, 3.8) is 0 Å². The highest BCUT2D eigenvalue weighted by molar-refractivity contribution is 7.99. The summed E-state index contributed by atoms with van der Waals surface area (Å²) in [6.45, 7) is 8.02. The van der Waals surface area contributed by atoms with Gasteiger partial charge in [-0.1, -0.05) is 35.5 Å². The summed E-state index contributed by atoms with van der Waals surface area (Å²) in [7, 11) is 1.79. The normalized spacial score (nSPS) is 10.7. The van der Waals surface area contributed by atoms with Crippen molar-refractivity contribution in [2.45, 2.75) is 39.3 Å². The molecule has 3 aromatic rings. The van der Waals surface area contributed by atoms with Crippen molar-refractivity contribution in [1.82, 2.24) is 14.8 Å². The number of carbonyl (C=O) groups excluding carboxylic acids is 2. The van der Waals surface area contributed by atoms with Gasteiger partial charge in [0, 0.05) is 18.4 Å². The minimum Gasteiger partial charge on any atom is -0.326 e. The number of anilines is 2. The van der Waals surface area contributed by atoms with Crippen LogP contribution in [0, 0.1) is 27.7 Å². The molecule has 0 aliphatic heterocycles. The number of hydrogen-bond acceptors (Lipinski definition) is 5. The third kappa shape index (κ3) is 5.95. The Bertz CT molecular complexity index is 1120. The highest BCUT2D eigenvalue weighted by atomic mass is 32.2. The Morgan fingerprint density at radius 2 is 1.68 bits per heavy atom. The van der Waals surface area contributed by atoms with Crippen molar-refractivity contribution in [2.24, 2.45) is 7.05 Å². The third-order valence-corrected chi connectivity index (χ3v) is 6.04. The van der Waals surface area contributed by atoms with E-state index in [0.717, 1.165) is 28.1 Å². The molecule has 2 aromatic carbocycles. The minimum absolute atomic E-state index is 0.103. The van der Waals surface area contributed by atoms with Gasteiger partial charge in [0.2, 0.25) is 11.8 Å². The molecule has 162 valence electrons. The van der Waals surface area contributed by atoms with Crippen LogP contribution in [0.1, 0.15) is 28.1 Å². The van der Waals surface area contributed by atoms with E-state index in [1.165, 1.54) is 17.3 Å². The Balaban J connectivity index is 1.55. The number of benzene rings is 2. The monoisotopic (exact) mass is 437 g/mol. The van der Waals surface area contributed by atoms with E-state index in [-0.39, 0.29) is 24.0 Å². The van der Waals surface area contributed by atoms with E-state index in [2.05, 4.69) is 20.8 Å². The molecule has 2 N–H and O–H groups in total. The lowest BCUT2D eigenvalue weighted by Gasteiger charge is -2.09. The summed E-state index contributed by atoms with van der Waals surface area (Å²) in [5, 5.41) is 14.6. The second-order valence-electron chi connectivity index (χ2n) is 7.64. The number of hydrogen-bond donors (Lipinski definition) is 2. The van der Waals surface area contributed by atoms with E-state index < -0.39 is 0 Å². The molecule has 31 heavy (non-hydrogen) atoms. The van der Waals surface area contributed by atoms with Gasteiger partial charge in [0.25, 0.3) is 0 Å². The minimum atomic E-state index is -0.164. The van der Waals surface area contributed by atoms with Gasteiger partial charge in [-0.2, -0.15) is 0 Å². The highest BCUT2D eigenvalue weighted by Gasteiger charge is 2.15. The molecule has 7 nitrogen and oxygen atoms in total. The van der Waals surface area contributed by atoms with Gasteiger partial charge in [-0.05, 0) is 62.6 Å². The van der Waals surface area contributed by atoms with Crippen LogP contribution in [0.2, 0.25) is 0 Å². The maximum Gasteiger partial charge on any atom is 0.234 e. The summed E-state index contributed by atoms with van der Waals surface area (Å²) in [5.74, 6) is 0.462. The van der Waals surface area contributed by atoms with Crippen molar-refractivity contribution in [3.8, 4) is 0 Å². The summed E-state index contributed by atoms with van der Waals surface area (Å²) < 4.78 is 1.75. The molecule has 0 aliphatic rings. The lowest BCUT2D eigenvalue weighted by atomic mass is 10.1. The highest BCUT2D eigenvalue weighted by Crippen LogP contribution is 2.20. The molecule has 8 heteroatoms. The molecule has 0 spiro atoms. The lowest BCUT2D eigenvalue weighted by Crippen LogP contribution is -2.17. The van der Waals surface area contributed by atoms with Crippen LogP contribution in [0.5, 0.6) is 0 Å². The van der Waals surface area contributed by atoms with E-state index in [9.17, 15) is 9.59 Å². The number of aryl methyl sites for hydroxylation is 4. The zero-order chi connectivity index (χ0) is 22.5. The number of nitrogens with one attached hydrogen (secondary N) is 2. The van der Waals surface area contributed by atoms with E-state index in [1.807, 2.05) is 64.1 Å². The van der Waals surface area contributed by atoms with Crippen LogP contribution in [-0.2, 0) is 23.1 Å². The fourth-order valence-corrected chi connectivity index (χ4v) is 3.79. The number of rotatable bonds is 7. The van der Waals surface area contributed by atoms with Crippen molar-refractivity contribution in [1.29, 1.82) is 0 Å². The van der Waals surface area contributed by atoms with E-state index in [0.29, 0.717) is 11.0 Å². The van der Waals surface area contributed by atoms with Crippen LogP contribution in [0.4, 0.5) is 11.4 Å². The first-order valence-electron chi connectivity index (χ1n) is 9.98. The zero-order valence-corrected chi connectivity index (χ0v) is 19.3. The molecular formula is C23H27N5O2S. The van der Waals surface area contributed by atoms with Crippen LogP contribution in [0.3, 0.4) is 0 Å². The quantitative estimate of drug-likeness (QED) is 0.546. The molecule has 1 heterocycles. The van der Waals surface area contributed by atoms with E-state index >= 15 is 0 Å². The molecule has 2 amide bonds. The van der Waals surface area contributed by atoms with Gasteiger partial charge < -0.3 is 15.2 Å². The van der Waals surface area contributed by atoms with E-state index in [4.69, 9.17) is 0 Å². The first kappa shape index (κ1) is 22.6. The zero-order valence-electron chi connectivity index (χ0n) is 18.4. The lowest BCUT2D eigenvalue weighted by molar-refractivity contribution is -0.116. The average Bonchev–Trinajstić information content (AvgIpc) is 3.05. The van der Waals surface area contributed by atoms with Crippen molar-refractivity contribution < 1.29 is 9.59 Å². The predicted octanol–water partition coefficient (Wildman–Crippen LogP) is 3.96. The van der Waals surface area contributed by atoms with Gasteiger partial charge in [-0.15, -0.1) is 10.2 Å². The van der Waals surface area contributed by atoms with Gasteiger partial charge in [0.15, 0.2) is 5.16 Å².